The second kappa shape index (κ2) is 7.16. The summed E-state index contributed by atoms with van der Waals surface area (Å²) in [5, 5.41) is 12.2. The van der Waals surface area contributed by atoms with Crippen LogP contribution in [0.2, 0.25) is 0 Å². The Hall–Kier alpha value is -1.36. The van der Waals surface area contributed by atoms with E-state index in [0.717, 1.165) is 42.9 Å². The van der Waals surface area contributed by atoms with Crippen molar-refractivity contribution in [3.63, 3.8) is 0 Å². The summed E-state index contributed by atoms with van der Waals surface area (Å²) in [5.74, 6) is 2.15. The number of aryl methyl sites for hydroxylation is 1. The van der Waals surface area contributed by atoms with E-state index in [0.29, 0.717) is 5.82 Å². The second-order valence-electron chi connectivity index (χ2n) is 4.66. The quantitative estimate of drug-likeness (QED) is 0.690. The van der Waals surface area contributed by atoms with Crippen LogP contribution in [0.1, 0.15) is 44.5 Å². The summed E-state index contributed by atoms with van der Waals surface area (Å²) in [6.07, 6.45) is 3.53. The zero-order valence-electron chi connectivity index (χ0n) is 11.5. The number of nitrogens with zero attached hydrogens (tertiary/aromatic N) is 2. The third kappa shape index (κ3) is 4.14. The van der Waals surface area contributed by atoms with Gasteiger partial charge < -0.3 is 16.2 Å². The van der Waals surface area contributed by atoms with Crippen molar-refractivity contribution in [1.29, 1.82) is 0 Å². The van der Waals surface area contributed by atoms with Crippen molar-refractivity contribution in [2.75, 3.05) is 17.7 Å². The van der Waals surface area contributed by atoms with Crippen molar-refractivity contribution in [3.8, 4) is 0 Å². The number of aliphatic hydroxyl groups is 1. The molecule has 1 atom stereocenters. The Kier molecular flexibility index (Phi) is 5.85. The van der Waals surface area contributed by atoms with Crippen molar-refractivity contribution in [2.24, 2.45) is 0 Å². The standard InChI is InChI=1S/C13H24N4O/c1-4-6-11-16-12(14)10(3)13(17-11)15-9(2)7-5-8-18/h9,18H,4-8H2,1-3H3,(H3,14,15,16,17). The summed E-state index contributed by atoms with van der Waals surface area (Å²) >= 11 is 0. The summed E-state index contributed by atoms with van der Waals surface area (Å²) in [6, 6.07) is 0.264. The van der Waals surface area contributed by atoms with Gasteiger partial charge >= 0.3 is 0 Å². The summed E-state index contributed by atoms with van der Waals surface area (Å²) in [6.45, 7) is 6.31. The highest BCUT2D eigenvalue weighted by atomic mass is 16.2. The Morgan fingerprint density at radius 3 is 2.72 bits per heavy atom. The van der Waals surface area contributed by atoms with Crippen LogP contribution in [0, 0.1) is 6.92 Å². The number of aliphatic hydroxyl groups excluding tert-OH is 1. The van der Waals surface area contributed by atoms with Crippen LogP contribution in [-0.2, 0) is 6.42 Å². The van der Waals surface area contributed by atoms with Gasteiger partial charge in [-0.3, -0.25) is 0 Å². The SMILES string of the molecule is CCCc1nc(N)c(C)c(NC(C)CCCO)n1. The van der Waals surface area contributed by atoms with Crippen molar-refractivity contribution in [1.82, 2.24) is 9.97 Å². The summed E-state index contributed by atoms with van der Waals surface area (Å²) in [7, 11) is 0. The lowest BCUT2D eigenvalue weighted by Gasteiger charge is -2.17. The number of rotatable bonds is 7. The first kappa shape index (κ1) is 14.7. The molecule has 4 N–H and O–H groups in total. The van der Waals surface area contributed by atoms with Gasteiger partial charge in [-0.2, -0.15) is 0 Å². The molecular formula is C13H24N4O. The maximum atomic E-state index is 8.82. The molecule has 1 unspecified atom stereocenters. The average molecular weight is 252 g/mol. The predicted molar refractivity (Wildman–Crippen MR) is 74.6 cm³/mol. The van der Waals surface area contributed by atoms with Crippen LogP contribution < -0.4 is 11.1 Å². The molecular weight excluding hydrogens is 228 g/mol. The Balaban J connectivity index is 2.79. The molecule has 0 saturated heterocycles. The molecule has 0 bridgehead atoms. The fourth-order valence-electron chi connectivity index (χ4n) is 1.76. The van der Waals surface area contributed by atoms with Gasteiger partial charge in [-0.25, -0.2) is 9.97 Å². The maximum absolute atomic E-state index is 8.82. The highest BCUT2D eigenvalue weighted by Gasteiger charge is 2.10. The first-order valence-electron chi connectivity index (χ1n) is 6.58. The van der Waals surface area contributed by atoms with E-state index in [9.17, 15) is 0 Å². The van der Waals surface area contributed by atoms with Crippen LogP contribution in [0.4, 0.5) is 11.6 Å². The van der Waals surface area contributed by atoms with Gasteiger partial charge in [0, 0.05) is 24.6 Å². The lowest BCUT2D eigenvalue weighted by atomic mass is 10.2. The molecule has 0 amide bonds. The molecule has 5 nitrogen and oxygen atoms in total. The molecule has 0 aliphatic carbocycles. The van der Waals surface area contributed by atoms with E-state index >= 15 is 0 Å². The van der Waals surface area contributed by atoms with Crippen molar-refractivity contribution in [2.45, 2.75) is 52.5 Å². The van der Waals surface area contributed by atoms with E-state index in [1.165, 1.54) is 0 Å². The lowest BCUT2D eigenvalue weighted by molar-refractivity contribution is 0.282. The summed E-state index contributed by atoms with van der Waals surface area (Å²) in [5.41, 5.74) is 6.79. The van der Waals surface area contributed by atoms with Gasteiger partial charge in [0.15, 0.2) is 0 Å². The van der Waals surface area contributed by atoms with E-state index in [2.05, 4.69) is 29.1 Å². The van der Waals surface area contributed by atoms with Crippen LogP contribution in [-0.4, -0.2) is 27.7 Å². The predicted octanol–water partition coefficient (Wildman–Crippen LogP) is 1.89. The average Bonchev–Trinajstić information content (AvgIpc) is 2.33. The Morgan fingerprint density at radius 1 is 1.39 bits per heavy atom. The van der Waals surface area contributed by atoms with Crippen LogP contribution in [0.3, 0.4) is 0 Å². The lowest BCUT2D eigenvalue weighted by Crippen LogP contribution is -2.19. The number of aromatic nitrogens is 2. The summed E-state index contributed by atoms with van der Waals surface area (Å²) < 4.78 is 0. The van der Waals surface area contributed by atoms with Gasteiger partial charge in [-0.15, -0.1) is 0 Å². The van der Waals surface area contributed by atoms with Crippen molar-refractivity contribution in [3.05, 3.63) is 11.4 Å². The molecule has 0 aromatic carbocycles. The van der Waals surface area contributed by atoms with Gasteiger partial charge in [-0.1, -0.05) is 6.92 Å². The third-order valence-electron chi connectivity index (χ3n) is 2.88. The van der Waals surface area contributed by atoms with Crippen molar-refractivity contribution < 1.29 is 5.11 Å². The van der Waals surface area contributed by atoms with E-state index in [1.807, 2.05) is 6.92 Å². The highest BCUT2D eigenvalue weighted by Crippen LogP contribution is 2.19. The molecule has 0 fully saturated rings. The number of nitrogens with one attached hydrogen (secondary N) is 1. The Bertz CT molecular complexity index is 381. The minimum atomic E-state index is 0.220. The molecule has 1 rings (SSSR count). The van der Waals surface area contributed by atoms with Gasteiger partial charge in [-0.05, 0) is 33.1 Å². The third-order valence-corrected chi connectivity index (χ3v) is 2.88. The van der Waals surface area contributed by atoms with Crippen LogP contribution >= 0.6 is 0 Å². The Morgan fingerprint density at radius 2 is 2.11 bits per heavy atom. The minimum absolute atomic E-state index is 0.220. The van der Waals surface area contributed by atoms with E-state index in [-0.39, 0.29) is 12.6 Å². The number of hydrogen-bond acceptors (Lipinski definition) is 5. The zero-order chi connectivity index (χ0) is 13.5. The van der Waals surface area contributed by atoms with E-state index in [4.69, 9.17) is 10.8 Å². The number of anilines is 2. The van der Waals surface area contributed by atoms with Gasteiger partial charge in [0.1, 0.15) is 17.5 Å². The first-order chi connectivity index (χ1) is 8.58. The van der Waals surface area contributed by atoms with Gasteiger partial charge in [0.2, 0.25) is 0 Å². The van der Waals surface area contributed by atoms with E-state index < -0.39 is 0 Å². The molecule has 0 radical (unpaired) electrons. The number of nitrogens with two attached hydrogens (primary N) is 1. The zero-order valence-corrected chi connectivity index (χ0v) is 11.5. The monoisotopic (exact) mass is 252 g/mol. The molecule has 0 aliphatic heterocycles. The van der Waals surface area contributed by atoms with E-state index in [1.54, 1.807) is 0 Å². The largest absolute Gasteiger partial charge is 0.396 e. The van der Waals surface area contributed by atoms with Crippen molar-refractivity contribution >= 4 is 11.6 Å². The highest BCUT2D eigenvalue weighted by molar-refractivity contribution is 5.55. The molecule has 1 heterocycles. The minimum Gasteiger partial charge on any atom is -0.396 e. The maximum Gasteiger partial charge on any atom is 0.134 e. The molecule has 1 aromatic rings. The summed E-state index contributed by atoms with van der Waals surface area (Å²) in [4.78, 5) is 8.79. The fraction of sp³-hybridized carbons (Fsp3) is 0.692. The fourth-order valence-corrected chi connectivity index (χ4v) is 1.76. The number of hydrogen-bond donors (Lipinski definition) is 3. The molecule has 0 aliphatic rings. The number of nitrogen functional groups attached to an aromatic ring is 1. The first-order valence-corrected chi connectivity index (χ1v) is 6.58. The van der Waals surface area contributed by atoms with Gasteiger partial charge in [0.25, 0.3) is 0 Å². The molecule has 1 aromatic heterocycles. The molecule has 102 valence electrons. The van der Waals surface area contributed by atoms with Crippen LogP contribution in [0.15, 0.2) is 0 Å². The van der Waals surface area contributed by atoms with Gasteiger partial charge in [0.05, 0.1) is 0 Å². The Labute approximate surface area is 109 Å². The normalized spacial score (nSPS) is 12.4. The second-order valence-corrected chi connectivity index (χ2v) is 4.66. The molecule has 0 saturated carbocycles. The molecule has 0 spiro atoms. The smallest absolute Gasteiger partial charge is 0.134 e. The molecule has 5 heteroatoms. The van der Waals surface area contributed by atoms with Crippen LogP contribution in [0.25, 0.3) is 0 Å². The topological polar surface area (TPSA) is 84.1 Å². The van der Waals surface area contributed by atoms with Crippen LogP contribution in [0.5, 0.6) is 0 Å². The molecule has 18 heavy (non-hydrogen) atoms.